The highest BCUT2D eigenvalue weighted by Gasteiger charge is 2.51. The number of anilines is 2. The SMILES string of the molecule is C1=CCC(N2C3=C(C=CC4c5ccccc5N(c5ccccc5)C34)C3C=CC=CC32)C=C1. The van der Waals surface area contributed by atoms with Crippen molar-refractivity contribution in [2.75, 3.05) is 4.90 Å². The largest absolute Gasteiger partial charge is 0.359 e. The van der Waals surface area contributed by atoms with E-state index < -0.39 is 0 Å². The number of allylic oxidation sites excluding steroid dienone is 5. The molecule has 2 nitrogen and oxygen atoms in total. The number of benzene rings is 2. The summed E-state index contributed by atoms with van der Waals surface area (Å²) in [5, 5.41) is 0. The summed E-state index contributed by atoms with van der Waals surface area (Å²) >= 11 is 0. The van der Waals surface area contributed by atoms with Gasteiger partial charge in [-0.25, -0.2) is 0 Å². The molecule has 2 heteroatoms. The van der Waals surface area contributed by atoms with E-state index in [0.717, 1.165) is 6.42 Å². The molecule has 2 aromatic rings. The van der Waals surface area contributed by atoms with E-state index in [1.54, 1.807) is 0 Å². The van der Waals surface area contributed by atoms with Gasteiger partial charge < -0.3 is 9.80 Å². The van der Waals surface area contributed by atoms with Crippen LogP contribution in [0.25, 0.3) is 0 Å². The summed E-state index contributed by atoms with van der Waals surface area (Å²) in [6.45, 7) is 0. The maximum absolute atomic E-state index is 2.74. The zero-order chi connectivity index (χ0) is 21.1. The van der Waals surface area contributed by atoms with Crippen molar-refractivity contribution in [2.45, 2.75) is 30.5 Å². The molecular weight excluding hydrogens is 388 g/mol. The minimum absolute atomic E-state index is 0.279. The van der Waals surface area contributed by atoms with Gasteiger partial charge in [-0.05, 0) is 35.8 Å². The van der Waals surface area contributed by atoms with Crippen LogP contribution in [-0.4, -0.2) is 23.0 Å². The average Bonchev–Trinajstić information content (AvgIpc) is 3.38. The number of rotatable bonds is 2. The molecule has 2 aromatic carbocycles. The zero-order valence-electron chi connectivity index (χ0n) is 18.0. The van der Waals surface area contributed by atoms with Crippen molar-refractivity contribution in [3.05, 3.63) is 132 Å². The first-order chi connectivity index (χ1) is 15.9. The van der Waals surface area contributed by atoms with Crippen molar-refractivity contribution in [1.82, 2.24) is 4.90 Å². The Morgan fingerprint density at radius 3 is 2.41 bits per heavy atom. The van der Waals surface area contributed by atoms with Gasteiger partial charge in [-0.3, -0.25) is 0 Å². The predicted molar refractivity (Wildman–Crippen MR) is 132 cm³/mol. The van der Waals surface area contributed by atoms with Crippen LogP contribution in [0.1, 0.15) is 17.9 Å². The fraction of sp³-hybridized carbons (Fsp3) is 0.200. The zero-order valence-corrected chi connectivity index (χ0v) is 18.0. The Morgan fingerprint density at radius 2 is 1.53 bits per heavy atom. The minimum Gasteiger partial charge on any atom is -0.359 e. The summed E-state index contributed by atoms with van der Waals surface area (Å²) in [5.74, 6) is 0.789. The number of nitrogens with zero attached hydrogens (tertiary/aromatic N) is 2. The molecule has 0 spiro atoms. The first kappa shape index (κ1) is 18.1. The highest BCUT2D eigenvalue weighted by Crippen LogP contribution is 2.55. The number of hydrogen-bond donors (Lipinski definition) is 0. The maximum Gasteiger partial charge on any atom is 0.0846 e. The molecule has 156 valence electrons. The van der Waals surface area contributed by atoms with Gasteiger partial charge in [0.05, 0.1) is 18.1 Å². The molecule has 0 aromatic heterocycles. The third kappa shape index (κ3) is 2.47. The van der Waals surface area contributed by atoms with Crippen LogP contribution in [0.5, 0.6) is 0 Å². The van der Waals surface area contributed by atoms with Crippen LogP contribution in [0.2, 0.25) is 0 Å². The number of para-hydroxylation sites is 2. The Balaban J connectivity index is 1.43. The van der Waals surface area contributed by atoms with Crippen LogP contribution in [0.3, 0.4) is 0 Å². The molecule has 0 radical (unpaired) electrons. The monoisotopic (exact) mass is 414 g/mol. The number of fused-ring (bicyclic) bond motifs is 6. The molecule has 7 rings (SSSR count). The summed E-state index contributed by atoms with van der Waals surface area (Å²) in [7, 11) is 0. The van der Waals surface area contributed by atoms with E-state index in [4.69, 9.17) is 0 Å². The van der Waals surface area contributed by atoms with Gasteiger partial charge in [0, 0.05) is 28.9 Å². The molecule has 0 saturated carbocycles. The van der Waals surface area contributed by atoms with Crippen molar-refractivity contribution in [1.29, 1.82) is 0 Å². The van der Waals surface area contributed by atoms with E-state index in [2.05, 4.69) is 125 Å². The third-order valence-electron chi connectivity index (χ3n) is 7.65. The lowest BCUT2D eigenvalue weighted by Gasteiger charge is -2.42. The Kier molecular flexibility index (Phi) is 3.96. The van der Waals surface area contributed by atoms with Gasteiger partial charge in [-0.1, -0.05) is 97.2 Å². The van der Waals surface area contributed by atoms with E-state index >= 15 is 0 Å². The van der Waals surface area contributed by atoms with Gasteiger partial charge in [-0.15, -0.1) is 0 Å². The molecule has 5 unspecified atom stereocenters. The molecule has 2 aliphatic heterocycles. The quantitative estimate of drug-likeness (QED) is 0.559. The Labute approximate surface area is 189 Å². The van der Waals surface area contributed by atoms with Gasteiger partial charge in [0.2, 0.25) is 0 Å². The van der Waals surface area contributed by atoms with Crippen molar-refractivity contribution in [2.24, 2.45) is 5.92 Å². The Hall–Kier alpha value is -3.52. The third-order valence-corrected chi connectivity index (χ3v) is 7.65. The highest BCUT2D eigenvalue weighted by atomic mass is 15.3. The van der Waals surface area contributed by atoms with E-state index in [0.29, 0.717) is 23.9 Å². The van der Waals surface area contributed by atoms with Crippen molar-refractivity contribution < 1.29 is 0 Å². The van der Waals surface area contributed by atoms with Gasteiger partial charge in [0.15, 0.2) is 0 Å². The maximum atomic E-state index is 2.74. The van der Waals surface area contributed by atoms with Gasteiger partial charge in [-0.2, -0.15) is 0 Å². The van der Waals surface area contributed by atoms with Crippen molar-refractivity contribution in [3.8, 4) is 0 Å². The predicted octanol–water partition coefficient (Wildman–Crippen LogP) is 6.43. The topological polar surface area (TPSA) is 6.48 Å². The summed E-state index contributed by atoms with van der Waals surface area (Å²) in [4.78, 5) is 5.34. The lowest BCUT2D eigenvalue weighted by molar-refractivity contribution is 0.237. The minimum atomic E-state index is 0.279. The highest BCUT2D eigenvalue weighted by molar-refractivity contribution is 5.77. The molecule has 3 aliphatic carbocycles. The first-order valence-corrected chi connectivity index (χ1v) is 11.7. The second-order valence-electron chi connectivity index (χ2n) is 9.24. The molecule has 32 heavy (non-hydrogen) atoms. The van der Waals surface area contributed by atoms with Crippen LogP contribution in [0.15, 0.2) is 127 Å². The smallest absolute Gasteiger partial charge is 0.0846 e. The van der Waals surface area contributed by atoms with Crippen molar-refractivity contribution >= 4 is 11.4 Å². The second kappa shape index (κ2) is 7.00. The summed E-state index contributed by atoms with van der Waals surface area (Å²) in [6.07, 6.45) is 24.3. The summed E-state index contributed by atoms with van der Waals surface area (Å²) in [6, 6.07) is 21.0. The Morgan fingerprint density at radius 1 is 0.719 bits per heavy atom. The van der Waals surface area contributed by atoms with E-state index in [1.807, 2.05) is 0 Å². The fourth-order valence-electron chi connectivity index (χ4n) is 6.39. The van der Waals surface area contributed by atoms with Crippen LogP contribution >= 0.6 is 0 Å². The molecule has 0 N–H and O–H groups in total. The van der Waals surface area contributed by atoms with Gasteiger partial charge >= 0.3 is 0 Å². The number of hydrogen-bond acceptors (Lipinski definition) is 2. The lowest BCUT2D eigenvalue weighted by Crippen LogP contribution is -2.46. The van der Waals surface area contributed by atoms with Crippen LogP contribution in [0.4, 0.5) is 11.4 Å². The fourth-order valence-corrected chi connectivity index (χ4v) is 6.39. The van der Waals surface area contributed by atoms with E-state index in [9.17, 15) is 0 Å². The van der Waals surface area contributed by atoms with Gasteiger partial charge in [0.1, 0.15) is 0 Å². The molecular formula is C30H26N2. The normalized spacial score (nSPS) is 31.1. The molecule has 0 amide bonds. The Bertz CT molecular complexity index is 1240. The van der Waals surface area contributed by atoms with Crippen LogP contribution < -0.4 is 4.90 Å². The first-order valence-electron chi connectivity index (χ1n) is 11.7. The average molecular weight is 415 g/mol. The standard InChI is InChI=1S/C30H26N2/c1-3-11-21(12-4-1)31-27-17-9-7-15-23(27)25-19-20-26-24-16-8-10-18-28(24)32(30(26)29(25)31)22-13-5-2-6-14-22/h1-13,15-20,22,24-25,28-29H,14H2. The molecule has 0 fully saturated rings. The molecule has 0 saturated heterocycles. The second-order valence-corrected chi connectivity index (χ2v) is 9.24. The molecule has 2 heterocycles. The summed E-state index contributed by atoms with van der Waals surface area (Å²) < 4.78 is 0. The van der Waals surface area contributed by atoms with Crippen LogP contribution in [-0.2, 0) is 0 Å². The van der Waals surface area contributed by atoms with E-state index in [1.165, 1.54) is 28.2 Å². The summed E-state index contributed by atoms with van der Waals surface area (Å²) in [5.41, 5.74) is 7.05. The van der Waals surface area contributed by atoms with Gasteiger partial charge in [0.25, 0.3) is 0 Å². The molecule has 0 bridgehead atoms. The van der Waals surface area contributed by atoms with Crippen molar-refractivity contribution in [3.63, 3.8) is 0 Å². The molecule has 5 aliphatic rings. The molecule has 5 atom stereocenters. The lowest BCUT2D eigenvalue weighted by atomic mass is 9.82. The van der Waals surface area contributed by atoms with Crippen LogP contribution in [0, 0.1) is 5.92 Å². The van der Waals surface area contributed by atoms with E-state index in [-0.39, 0.29) is 6.04 Å².